The molecule has 3 rings (SSSR count). The number of hydrogen-bond donors (Lipinski definition) is 0. The van der Waals surface area contributed by atoms with Gasteiger partial charge in [0, 0.05) is 17.3 Å². The Hall–Kier alpha value is -2.22. The quantitative estimate of drug-likeness (QED) is 0.626. The maximum atomic E-state index is 4.61. The van der Waals surface area contributed by atoms with E-state index in [0.29, 0.717) is 0 Å². The molecule has 0 aliphatic heterocycles. The Morgan fingerprint density at radius 1 is 0.941 bits per heavy atom. The number of aromatic nitrogens is 2. The van der Waals surface area contributed by atoms with Crippen LogP contribution in [0.5, 0.6) is 0 Å². The summed E-state index contributed by atoms with van der Waals surface area (Å²) in [7, 11) is 0. The summed E-state index contributed by atoms with van der Waals surface area (Å²) in [6.45, 7) is 2.01. The lowest BCUT2D eigenvalue weighted by Crippen LogP contribution is -1.91. The predicted octanol–water partition coefficient (Wildman–Crippen LogP) is 3.61. The minimum Gasteiger partial charge on any atom is -0.255 e. The largest absolute Gasteiger partial charge is 0.255 e. The van der Waals surface area contributed by atoms with Gasteiger partial charge < -0.3 is 0 Å². The predicted molar refractivity (Wildman–Crippen MR) is 69.7 cm³/mol. The second-order valence-corrected chi connectivity index (χ2v) is 4.05. The van der Waals surface area contributed by atoms with Gasteiger partial charge in [0.05, 0.1) is 11.4 Å². The molecule has 82 valence electrons. The summed E-state index contributed by atoms with van der Waals surface area (Å²) in [4.78, 5) is 8.99. The molecule has 0 N–H and O–H groups in total. The van der Waals surface area contributed by atoms with Crippen molar-refractivity contribution in [3.8, 4) is 11.4 Å². The van der Waals surface area contributed by atoms with Crippen molar-refractivity contribution in [3.63, 3.8) is 0 Å². The van der Waals surface area contributed by atoms with Crippen LogP contribution in [0.1, 0.15) is 5.69 Å². The maximum Gasteiger partial charge on any atom is 0.0967 e. The Morgan fingerprint density at radius 2 is 1.76 bits per heavy atom. The summed E-state index contributed by atoms with van der Waals surface area (Å²) in [5.41, 5.74) is 2.90. The van der Waals surface area contributed by atoms with Gasteiger partial charge in [-0.3, -0.25) is 9.97 Å². The first-order valence-corrected chi connectivity index (χ1v) is 5.62. The Balaban J connectivity index is 2.36. The van der Waals surface area contributed by atoms with Crippen LogP contribution in [-0.4, -0.2) is 9.97 Å². The summed E-state index contributed by atoms with van der Waals surface area (Å²) in [5, 5.41) is 2.36. The molecule has 2 heteroatoms. The average molecular weight is 220 g/mol. The molecule has 0 unspecified atom stereocenters. The van der Waals surface area contributed by atoms with E-state index in [9.17, 15) is 0 Å². The molecule has 0 aliphatic rings. The zero-order chi connectivity index (χ0) is 11.7. The van der Waals surface area contributed by atoms with Crippen LogP contribution in [0, 0.1) is 6.92 Å². The van der Waals surface area contributed by atoms with Crippen molar-refractivity contribution in [1.82, 2.24) is 9.97 Å². The number of rotatable bonds is 1. The summed E-state index contributed by atoms with van der Waals surface area (Å²) in [6, 6.07) is 16.3. The Kier molecular flexibility index (Phi) is 2.33. The summed E-state index contributed by atoms with van der Waals surface area (Å²) < 4.78 is 0. The topological polar surface area (TPSA) is 25.8 Å². The fourth-order valence-electron chi connectivity index (χ4n) is 2.03. The van der Waals surface area contributed by atoms with E-state index in [1.807, 2.05) is 37.3 Å². The standard InChI is InChI=1S/C15H12N2/c1-11-10-12-6-2-3-7-13(12)15(17-11)14-8-4-5-9-16-14/h2-10H,1H3. The Morgan fingerprint density at radius 3 is 2.59 bits per heavy atom. The lowest BCUT2D eigenvalue weighted by molar-refractivity contribution is 1.20. The number of aryl methyl sites for hydroxylation is 1. The van der Waals surface area contributed by atoms with Crippen molar-refractivity contribution >= 4 is 10.8 Å². The highest BCUT2D eigenvalue weighted by atomic mass is 14.8. The van der Waals surface area contributed by atoms with Crippen molar-refractivity contribution in [2.24, 2.45) is 0 Å². The fraction of sp³-hybridized carbons (Fsp3) is 0.0667. The van der Waals surface area contributed by atoms with Crippen LogP contribution in [-0.2, 0) is 0 Å². The van der Waals surface area contributed by atoms with E-state index in [1.165, 1.54) is 5.39 Å². The van der Waals surface area contributed by atoms with Gasteiger partial charge in [-0.15, -0.1) is 0 Å². The van der Waals surface area contributed by atoms with Crippen LogP contribution in [0.25, 0.3) is 22.2 Å². The molecule has 0 spiro atoms. The van der Waals surface area contributed by atoms with Gasteiger partial charge in [-0.25, -0.2) is 0 Å². The third-order valence-electron chi connectivity index (χ3n) is 2.78. The van der Waals surface area contributed by atoms with E-state index >= 15 is 0 Å². The first-order valence-electron chi connectivity index (χ1n) is 5.62. The highest BCUT2D eigenvalue weighted by Gasteiger charge is 2.06. The molecule has 0 saturated heterocycles. The Bertz CT molecular complexity index is 660. The smallest absolute Gasteiger partial charge is 0.0967 e. The van der Waals surface area contributed by atoms with Crippen molar-refractivity contribution in [2.75, 3.05) is 0 Å². The first kappa shape index (κ1) is 9.97. The first-order chi connectivity index (χ1) is 8.34. The summed E-state index contributed by atoms with van der Waals surface area (Å²) >= 11 is 0. The highest BCUT2D eigenvalue weighted by molar-refractivity contribution is 5.93. The van der Waals surface area contributed by atoms with Gasteiger partial charge in [0.25, 0.3) is 0 Å². The van der Waals surface area contributed by atoms with Gasteiger partial charge in [-0.2, -0.15) is 0 Å². The molecule has 0 bridgehead atoms. The van der Waals surface area contributed by atoms with E-state index in [1.54, 1.807) is 6.20 Å². The SMILES string of the molecule is Cc1cc2ccccc2c(-c2ccccn2)n1. The lowest BCUT2D eigenvalue weighted by atomic mass is 10.1. The number of fused-ring (bicyclic) bond motifs is 1. The molecular formula is C15H12N2. The van der Waals surface area contributed by atoms with Gasteiger partial charge in [0.15, 0.2) is 0 Å². The van der Waals surface area contributed by atoms with Crippen molar-refractivity contribution in [1.29, 1.82) is 0 Å². The molecule has 2 aromatic heterocycles. The second-order valence-electron chi connectivity index (χ2n) is 4.05. The number of nitrogens with zero attached hydrogens (tertiary/aromatic N) is 2. The van der Waals surface area contributed by atoms with E-state index in [0.717, 1.165) is 22.5 Å². The zero-order valence-corrected chi connectivity index (χ0v) is 9.59. The van der Waals surface area contributed by atoms with Gasteiger partial charge in [0.1, 0.15) is 0 Å². The molecular weight excluding hydrogens is 208 g/mol. The van der Waals surface area contributed by atoms with Crippen LogP contribution >= 0.6 is 0 Å². The van der Waals surface area contributed by atoms with E-state index in [4.69, 9.17) is 0 Å². The van der Waals surface area contributed by atoms with Gasteiger partial charge in [-0.1, -0.05) is 30.3 Å². The van der Waals surface area contributed by atoms with Crippen molar-refractivity contribution in [2.45, 2.75) is 6.92 Å². The van der Waals surface area contributed by atoms with Crippen LogP contribution in [0.15, 0.2) is 54.7 Å². The number of pyridine rings is 2. The van der Waals surface area contributed by atoms with Crippen LogP contribution in [0.4, 0.5) is 0 Å². The normalized spacial score (nSPS) is 10.6. The number of hydrogen-bond acceptors (Lipinski definition) is 2. The zero-order valence-electron chi connectivity index (χ0n) is 9.59. The monoisotopic (exact) mass is 220 g/mol. The van der Waals surface area contributed by atoms with E-state index in [-0.39, 0.29) is 0 Å². The molecule has 0 atom stereocenters. The molecule has 0 amide bonds. The average Bonchev–Trinajstić information content (AvgIpc) is 2.39. The highest BCUT2D eigenvalue weighted by Crippen LogP contribution is 2.25. The third kappa shape index (κ3) is 1.78. The van der Waals surface area contributed by atoms with Gasteiger partial charge >= 0.3 is 0 Å². The van der Waals surface area contributed by atoms with E-state index < -0.39 is 0 Å². The Labute approximate surface area is 100.0 Å². The molecule has 2 nitrogen and oxygen atoms in total. The minimum absolute atomic E-state index is 0.924. The van der Waals surface area contributed by atoms with E-state index in [2.05, 4.69) is 28.2 Å². The third-order valence-corrected chi connectivity index (χ3v) is 2.78. The van der Waals surface area contributed by atoms with Crippen molar-refractivity contribution in [3.05, 3.63) is 60.4 Å². The second kappa shape index (κ2) is 3.98. The number of benzene rings is 1. The minimum atomic E-state index is 0.924. The fourth-order valence-corrected chi connectivity index (χ4v) is 2.03. The van der Waals surface area contributed by atoms with Crippen molar-refractivity contribution < 1.29 is 0 Å². The summed E-state index contributed by atoms with van der Waals surface area (Å²) in [5.74, 6) is 0. The van der Waals surface area contributed by atoms with Crippen LogP contribution in [0.2, 0.25) is 0 Å². The molecule has 1 aromatic carbocycles. The van der Waals surface area contributed by atoms with Gasteiger partial charge in [0.2, 0.25) is 0 Å². The molecule has 17 heavy (non-hydrogen) atoms. The molecule has 0 fully saturated rings. The maximum absolute atomic E-state index is 4.61. The molecule has 3 aromatic rings. The van der Waals surface area contributed by atoms with Crippen LogP contribution in [0.3, 0.4) is 0 Å². The van der Waals surface area contributed by atoms with Gasteiger partial charge in [-0.05, 0) is 30.5 Å². The molecule has 0 aliphatic carbocycles. The molecule has 2 heterocycles. The lowest BCUT2D eigenvalue weighted by Gasteiger charge is -2.06. The van der Waals surface area contributed by atoms with Crippen LogP contribution < -0.4 is 0 Å². The molecule has 0 radical (unpaired) electrons. The molecule has 0 saturated carbocycles. The summed E-state index contributed by atoms with van der Waals surface area (Å²) in [6.07, 6.45) is 1.80.